The minimum absolute atomic E-state index is 0.0801. The summed E-state index contributed by atoms with van der Waals surface area (Å²) in [5, 5.41) is 7.45. The van der Waals surface area contributed by atoms with E-state index >= 15 is 0 Å². The van der Waals surface area contributed by atoms with Gasteiger partial charge in [0, 0.05) is 12.0 Å². The van der Waals surface area contributed by atoms with E-state index in [-0.39, 0.29) is 29.0 Å². The van der Waals surface area contributed by atoms with Crippen molar-refractivity contribution in [1.29, 1.82) is 0 Å². The van der Waals surface area contributed by atoms with E-state index in [1.807, 2.05) is 48.5 Å². The average Bonchev–Trinajstić information content (AvgIpc) is 3.53. The number of nitrogens with zero attached hydrogens (tertiary/aromatic N) is 2. The van der Waals surface area contributed by atoms with Crippen LogP contribution in [0.2, 0.25) is 0 Å². The van der Waals surface area contributed by atoms with Crippen molar-refractivity contribution in [2.75, 3.05) is 0 Å². The molecule has 1 unspecified atom stereocenters. The van der Waals surface area contributed by atoms with Gasteiger partial charge in [0.2, 0.25) is 6.10 Å². The number of carbonyl (C=O) groups excluding carboxylic acids is 1. The van der Waals surface area contributed by atoms with Gasteiger partial charge in [-0.3, -0.25) is 4.79 Å². The molecule has 1 aromatic heterocycles. The Morgan fingerprint density at radius 2 is 1.84 bits per heavy atom. The molecule has 0 radical (unpaired) electrons. The lowest BCUT2D eigenvalue weighted by Crippen LogP contribution is -2.65. The van der Waals surface area contributed by atoms with E-state index in [2.05, 4.69) is 45.1 Å². The van der Waals surface area contributed by atoms with Crippen molar-refractivity contribution in [3.8, 4) is 11.3 Å². The van der Waals surface area contributed by atoms with Gasteiger partial charge in [0.1, 0.15) is 5.71 Å². The van der Waals surface area contributed by atoms with Crippen molar-refractivity contribution in [2.24, 2.45) is 28.3 Å². The topological polar surface area (TPSA) is 82.0 Å². The molecule has 38 heavy (non-hydrogen) atoms. The maximum atomic E-state index is 13.4. The van der Waals surface area contributed by atoms with Gasteiger partial charge in [0.25, 0.3) is 5.91 Å². The maximum Gasteiger partial charge on any atom is 0.481 e. The van der Waals surface area contributed by atoms with Gasteiger partial charge < -0.3 is 19.5 Å². The molecule has 3 heterocycles. The first-order valence-electron chi connectivity index (χ1n) is 14.0. The van der Waals surface area contributed by atoms with E-state index in [1.54, 1.807) is 0 Å². The van der Waals surface area contributed by atoms with Crippen LogP contribution in [0.1, 0.15) is 66.0 Å². The molecule has 1 N–H and O–H groups in total. The second-order valence-electron chi connectivity index (χ2n) is 12.7. The summed E-state index contributed by atoms with van der Waals surface area (Å²) in [6.45, 7) is 11.2. The number of carbonyl (C=O) groups is 1. The second kappa shape index (κ2) is 9.49. The van der Waals surface area contributed by atoms with E-state index in [4.69, 9.17) is 19.1 Å². The number of pyridine rings is 1. The van der Waals surface area contributed by atoms with Crippen molar-refractivity contribution in [2.45, 2.75) is 84.1 Å². The normalized spacial score (nSPS) is 31.7. The van der Waals surface area contributed by atoms with Crippen molar-refractivity contribution in [3.63, 3.8) is 0 Å². The van der Waals surface area contributed by atoms with Crippen LogP contribution in [0.15, 0.2) is 53.7 Å². The SMILES string of the molecule is CC(C)C[C@H](NC(=O)C1CC(c2cccc(-c3ccccc3)n2)=NO1)B1O[C@@H]2C[C@@H]3C[C@@H](C3(C)C)[C@]2(C)O1. The van der Waals surface area contributed by atoms with E-state index in [0.717, 1.165) is 29.8 Å². The smallest absolute Gasteiger partial charge is 0.404 e. The van der Waals surface area contributed by atoms with Crippen LogP contribution in [0, 0.1) is 23.2 Å². The maximum absolute atomic E-state index is 13.4. The fourth-order valence-corrected chi connectivity index (χ4v) is 7.13. The summed E-state index contributed by atoms with van der Waals surface area (Å²) in [4.78, 5) is 23.8. The molecule has 4 fully saturated rings. The van der Waals surface area contributed by atoms with Crippen LogP contribution < -0.4 is 5.32 Å². The highest BCUT2D eigenvalue weighted by Crippen LogP contribution is 2.65. The Bertz CT molecular complexity index is 1240. The molecule has 3 saturated carbocycles. The molecular formula is C30H38BN3O4. The summed E-state index contributed by atoms with van der Waals surface area (Å²) in [7, 11) is -0.461. The fourth-order valence-electron chi connectivity index (χ4n) is 7.13. The summed E-state index contributed by atoms with van der Waals surface area (Å²) in [6, 6.07) is 15.9. The quantitative estimate of drug-likeness (QED) is 0.523. The van der Waals surface area contributed by atoms with Crippen molar-refractivity contribution in [1.82, 2.24) is 10.3 Å². The Kier molecular flexibility index (Phi) is 6.38. The second-order valence-corrected chi connectivity index (χ2v) is 12.7. The van der Waals surface area contributed by atoms with E-state index < -0.39 is 13.2 Å². The predicted molar refractivity (Wildman–Crippen MR) is 147 cm³/mol. The Hall–Kier alpha value is -2.71. The van der Waals surface area contributed by atoms with Gasteiger partial charge in [-0.15, -0.1) is 0 Å². The van der Waals surface area contributed by atoms with E-state index in [0.29, 0.717) is 29.9 Å². The van der Waals surface area contributed by atoms with E-state index in [1.165, 1.54) is 6.42 Å². The molecule has 1 saturated heterocycles. The predicted octanol–water partition coefficient (Wildman–Crippen LogP) is 5.04. The zero-order valence-electron chi connectivity index (χ0n) is 23.0. The first-order chi connectivity index (χ1) is 18.1. The van der Waals surface area contributed by atoms with E-state index in [9.17, 15) is 4.79 Å². The molecule has 6 atom stereocenters. The van der Waals surface area contributed by atoms with Crippen molar-refractivity contribution < 1.29 is 18.9 Å². The highest BCUT2D eigenvalue weighted by atomic mass is 16.7. The average molecular weight is 515 g/mol. The van der Waals surface area contributed by atoms with Gasteiger partial charge >= 0.3 is 7.12 Å². The lowest BCUT2D eigenvalue weighted by Gasteiger charge is -2.64. The van der Waals surface area contributed by atoms with Crippen molar-refractivity contribution >= 4 is 18.7 Å². The number of benzene rings is 1. The lowest BCUT2D eigenvalue weighted by atomic mass is 9.43. The van der Waals surface area contributed by atoms with Crippen LogP contribution in [0.3, 0.4) is 0 Å². The molecule has 0 spiro atoms. The largest absolute Gasteiger partial charge is 0.481 e. The molecule has 1 amide bonds. The van der Waals surface area contributed by atoms with Crippen molar-refractivity contribution in [3.05, 3.63) is 54.2 Å². The zero-order chi connectivity index (χ0) is 26.7. The third kappa shape index (κ3) is 4.36. The van der Waals surface area contributed by atoms with Gasteiger partial charge in [-0.2, -0.15) is 0 Å². The molecule has 5 aliphatic rings. The Morgan fingerprint density at radius 3 is 2.58 bits per heavy atom. The Balaban J connectivity index is 1.12. The number of hydrogen-bond donors (Lipinski definition) is 1. The molecule has 2 aromatic rings. The summed E-state index contributed by atoms with van der Waals surface area (Å²) < 4.78 is 13.2. The summed E-state index contributed by atoms with van der Waals surface area (Å²) in [5.41, 5.74) is 3.27. The highest BCUT2D eigenvalue weighted by Gasteiger charge is 2.68. The first kappa shape index (κ1) is 25.6. The number of nitrogens with one attached hydrogen (secondary N) is 1. The van der Waals surface area contributed by atoms with Crippen LogP contribution in [-0.4, -0.2) is 47.5 Å². The molecule has 3 aliphatic carbocycles. The summed E-state index contributed by atoms with van der Waals surface area (Å²) >= 11 is 0. The number of rotatable bonds is 7. The number of oxime groups is 1. The monoisotopic (exact) mass is 515 g/mol. The molecule has 1 aromatic carbocycles. The molecule has 2 bridgehead atoms. The van der Waals surface area contributed by atoms with Crippen LogP contribution in [0.5, 0.6) is 0 Å². The molecule has 7 nitrogen and oxygen atoms in total. The standard InChI is InChI=1S/C30H38BN3O4/c1-18(2)14-27(31-36-26-16-20-15-25(29(20,3)4)30(26,5)38-31)33-28(35)24-17-23(34-37-24)22-13-9-12-21(32-22)19-10-7-6-8-11-19/h6-13,18,20,24-27H,14-17H2,1-5H3,(H,33,35)/t20-,24?,25-,26+,27-,30-/m0/s1. The zero-order valence-corrected chi connectivity index (χ0v) is 23.0. The van der Waals surface area contributed by atoms with Gasteiger partial charge in [0.05, 0.1) is 29.0 Å². The van der Waals surface area contributed by atoms with Gasteiger partial charge in [-0.25, -0.2) is 4.98 Å². The molecule has 200 valence electrons. The van der Waals surface area contributed by atoms with Crippen LogP contribution >= 0.6 is 0 Å². The molecule has 7 rings (SSSR count). The van der Waals surface area contributed by atoms with Crippen LogP contribution in [-0.2, 0) is 18.9 Å². The third-order valence-electron chi connectivity index (χ3n) is 9.43. The minimum atomic E-state index is -0.701. The lowest BCUT2D eigenvalue weighted by molar-refractivity contribution is -0.199. The Labute approximate surface area is 225 Å². The minimum Gasteiger partial charge on any atom is -0.404 e. The van der Waals surface area contributed by atoms with Crippen LogP contribution in [0.4, 0.5) is 0 Å². The number of aromatic nitrogens is 1. The summed E-state index contributed by atoms with van der Waals surface area (Å²) in [6.07, 6.45) is 2.74. The highest BCUT2D eigenvalue weighted by molar-refractivity contribution is 6.48. The van der Waals surface area contributed by atoms with Gasteiger partial charge in [-0.05, 0) is 61.5 Å². The Morgan fingerprint density at radius 1 is 1.08 bits per heavy atom. The number of amides is 1. The van der Waals surface area contributed by atoms with Gasteiger partial charge in [-0.1, -0.05) is 69.2 Å². The molecule has 2 aliphatic heterocycles. The molecular weight excluding hydrogens is 477 g/mol. The number of hydrogen-bond acceptors (Lipinski definition) is 6. The fraction of sp³-hybridized carbons (Fsp3) is 0.567. The third-order valence-corrected chi connectivity index (χ3v) is 9.43. The molecule has 8 heteroatoms. The van der Waals surface area contributed by atoms with Crippen LogP contribution in [0.25, 0.3) is 11.3 Å². The first-order valence-corrected chi connectivity index (χ1v) is 14.0. The summed E-state index contributed by atoms with van der Waals surface area (Å²) in [5.74, 6) is 1.09. The van der Waals surface area contributed by atoms with Gasteiger partial charge in [0.15, 0.2) is 0 Å².